The normalized spacial score (nSPS) is 17.8. The van der Waals surface area contributed by atoms with Gasteiger partial charge in [-0.15, -0.1) is 5.10 Å². The number of hydrogen-bond donors (Lipinski definition) is 0. The number of likely N-dealkylation sites (tertiary alicyclic amines) is 1. The molecule has 0 saturated carbocycles. The predicted molar refractivity (Wildman–Crippen MR) is 57.5 cm³/mol. The summed E-state index contributed by atoms with van der Waals surface area (Å²) in [6.07, 6.45) is 2.20. The minimum atomic E-state index is 0.113. The van der Waals surface area contributed by atoms with Crippen LogP contribution in [0.2, 0.25) is 0 Å². The smallest absolute Gasteiger partial charge is 0.244 e. The molecule has 1 aromatic rings. The van der Waals surface area contributed by atoms with Gasteiger partial charge in [0.25, 0.3) is 0 Å². The average molecular weight is 223 g/mol. The summed E-state index contributed by atoms with van der Waals surface area (Å²) < 4.78 is 1.54. The molecule has 0 unspecified atom stereocenters. The Morgan fingerprint density at radius 2 is 2.12 bits per heavy atom. The minimum Gasteiger partial charge on any atom is -0.341 e. The van der Waals surface area contributed by atoms with Gasteiger partial charge < -0.3 is 4.90 Å². The molecule has 0 atom stereocenters. The summed E-state index contributed by atoms with van der Waals surface area (Å²) in [6, 6.07) is 0. The number of nitrogens with zero attached hydrogens (tertiary/aromatic N) is 5. The average Bonchev–Trinajstić information content (AvgIpc) is 2.65. The first-order chi connectivity index (χ1) is 7.66. The van der Waals surface area contributed by atoms with E-state index in [9.17, 15) is 4.79 Å². The maximum Gasteiger partial charge on any atom is 0.244 e. The Labute approximate surface area is 94.6 Å². The fourth-order valence-corrected chi connectivity index (χ4v) is 1.88. The van der Waals surface area contributed by atoms with Gasteiger partial charge in [0.1, 0.15) is 12.4 Å². The van der Waals surface area contributed by atoms with Gasteiger partial charge in [0.05, 0.1) is 0 Å². The van der Waals surface area contributed by atoms with Gasteiger partial charge in [0.2, 0.25) is 5.91 Å². The van der Waals surface area contributed by atoms with E-state index in [0.717, 1.165) is 31.8 Å². The maximum absolute atomic E-state index is 11.9. The van der Waals surface area contributed by atoms with Crippen molar-refractivity contribution in [3.05, 3.63) is 5.82 Å². The highest BCUT2D eigenvalue weighted by atomic mass is 16.2. The number of tetrazole rings is 1. The van der Waals surface area contributed by atoms with E-state index in [1.54, 1.807) is 11.6 Å². The summed E-state index contributed by atoms with van der Waals surface area (Å²) in [5, 5.41) is 11.1. The molecule has 88 valence electrons. The molecule has 6 nitrogen and oxygen atoms in total. The summed E-state index contributed by atoms with van der Waals surface area (Å²) in [4.78, 5) is 13.8. The van der Waals surface area contributed by atoms with Crippen LogP contribution in [0.15, 0.2) is 0 Å². The number of piperidine rings is 1. The quantitative estimate of drug-likeness (QED) is 0.720. The molecule has 0 aromatic carbocycles. The molecular weight excluding hydrogens is 206 g/mol. The van der Waals surface area contributed by atoms with Gasteiger partial charge in [-0.1, -0.05) is 6.92 Å². The van der Waals surface area contributed by atoms with Crippen LogP contribution in [0.3, 0.4) is 0 Å². The van der Waals surface area contributed by atoms with Crippen LogP contribution in [-0.4, -0.2) is 44.1 Å². The zero-order valence-electron chi connectivity index (χ0n) is 9.76. The number of carbonyl (C=O) groups excluding carboxylic acids is 1. The van der Waals surface area contributed by atoms with E-state index in [4.69, 9.17) is 0 Å². The zero-order valence-corrected chi connectivity index (χ0v) is 9.76. The lowest BCUT2D eigenvalue weighted by Gasteiger charge is -2.30. The topological polar surface area (TPSA) is 63.9 Å². The second-order valence-electron chi connectivity index (χ2n) is 4.45. The molecule has 0 N–H and O–H groups in total. The molecule has 2 heterocycles. The first kappa shape index (κ1) is 11.0. The highest BCUT2D eigenvalue weighted by Crippen LogP contribution is 2.16. The number of amides is 1. The molecule has 1 aromatic heterocycles. The molecule has 6 heteroatoms. The van der Waals surface area contributed by atoms with E-state index < -0.39 is 0 Å². The van der Waals surface area contributed by atoms with Crippen molar-refractivity contribution in [2.75, 3.05) is 13.1 Å². The van der Waals surface area contributed by atoms with Gasteiger partial charge in [0.15, 0.2) is 0 Å². The maximum atomic E-state index is 11.9. The van der Waals surface area contributed by atoms with Crippen LogP contribution in [0.25, 0.3) is 0 Å². The Kier molecular flexibility index (Phi) is 3.17. The Morgan fingerprint density at radius 3 is 2.69 bits per heavy atom. The number of aryl methyl sites for hydroxylation is 1. The lowest BCUT2D eigenvalue weighted by molar-refractivity contribution is -0.133. The highest BCUT2D eigenvalue weighted by molar-refractivity contribution is 5.76. The molecule has 1 aliphatic heterocycles. The van der Waals surface area contributed by atoms with Crippen molar-refractivity contribution in [2.24, 2.45) is 5.92 Å². The SMILES string of the molecule is Cc1nnnn1CC(=O)N1CCC(C)CC1. The first-order valence-corrected chi connectivity index (χ1v) is 5.67. The van der Waals surface area contributed by atoms with Crippen molar-refractivity contribution in [1.82, 2.24) is 25.1 Å². The third-order valence-corrected chi connectivity index (χ3v) is 3.13. The Bertz CT molecular complexity index is 367. The van der Waals surface area contributed by atoms with E-state index in [2.05, 4.69) is 22.4 Å². The molecule has 0 bridgehead atoms. The summed E-state index contributed by atoms with van der Waals surface area (Å²) in [6.45, 7) is 6.01. The minimum absolute atomic E-state index is 0.113. The van der Waals surface area contributed by atoms with Crippen molar-refractivity contribution in [3.8, 4) is 0 Å². The van der Waals surface area contributed by atoms with Crippen LogP contribution in [0.5, 0.6) is 0 Å². The van der Waals surface area contributed by atoms with Crippen molar-refractivity contribution in [3.63, 3.8) is 0 Å². The summed E-state index contributed by atoms with van der Waals surface area (Å²) in [7, 11) is 0. The van der Waals surface area contributed by atoms with Crippen LogP contribution in [0, 0.1) is 12.8 Å². The Balaban J connectivity index is 1.91. The summed E-state index contributed by atoms with van der Waals surface area (Å²) in [5.74, 6) is 1.53. The molecule has 0 spiro atoms. The van der Waals surface area contributed by atoms with Crippen LogP contribution < -0.4 is 0 Å². The van der Waals surface area contributed by atoms with E-state index in [0.29, 0.717) is 5.82 Å². The van der Waals surface area contributed by atoms with Gasteiger partial charge in [-0.25, -0.2) is 4.68 Å². The second kappa shape index (κ2) is 4.59. The van der Waals surface area contributed by atoms with E-state index in [1.807, 2.05) is 4.90 Å². The summed E-state index contributed by atoms with van der Waals surface area (Å²) in [5.41, 5.74) is 0. The fraction of sp³-hybridized carbons (Fsp3) is 0.800. The number of rotatable bonds is 2. The van der Waals surface area contributed by atoms with E-state index in [-0.39, 0.29) is 12.5 Å². The van der Waals surface area contributed by atoms with Crippen LogP contribution in [-0.2, 0) is 11.3 Å². The van der Waals surface area contributed by atoms with Crippen molar-refractivity contribution in [2.45, 2.75) is 33.2 Å². The van der Waals surface area contributed by atoms with Crippen molar-refractivity contribution in [1.29, 1.82) is 0 Å². The van der Waals surface area contributed by atoms with Crippen LogP contribution >= 0.6 is 0 Å². The fourth-order valence-electron chi connectivity index (χ4n) is 1.88. The Morgan fingerprint density at radius 1 is 1.44 bits per heavy atom. The number of aromatic nitrogens is 4. The predicted octanol–water partition coefficient (Wildman–Crippen LogP) is 0.240. The second-order valence-corrected chi connectivity index (χ2v) is 4.45. The standard InChI is InChI=1S/C10H17N5O/c1-8-3-5-14(6-4-8)10(16)7-15-9(2)11-12-13-15/h8H,3-7H2,1-2H3. The lowest BCUT2D eigenvalue weighted by Crippen LogP contribution is -2.40. The van der Waals surface area contributed by atoms with Gasteiger partial charge in [-0.2, -0.15) is 0 Å². The molecule has 1 fully saturated rings. The van der Waals surface area contributed by atoms with Gasteiger partial charge in [-0.3, -0.25) is 4.79 Å². The number of carbonyl (C=O) groups is 1. The Hall–Kier alpha value is -1.46. The molecule has 16 heavy (non-hydrogen) atoms. The van der Waals surface area contributed by atoms with Gasteiger partial charge >= 0.3 is 0 Å². The van der Waals surface area contributed by atoms with E-state index in [1.165, 1.54) is 0 Å². The molecular formula is C10H17N5O. The van der Waals surface area contributed by atoms with Crippen molar-refractivity contribution < 1.29 is 4.79 Å². The van der Waals surface area contributed by atoms with Gasteiger partial charge in [0, 0.05) is 13.1 Å². The largest absolute Gasteiger partial charge is 0.341 e. The molecule has 1 amide bonds. The lowest BCUT2D eigenvalue weighted by atomic mass is 9.99. The molecule has 2 rings (SSSR count). The zero-order chi connectivity index (χ0) is 11.5. The monoisotopic (exact) mass is 223 g/mol. The van der Waals surface area contributed by atoms with Crippen LogP contribution in [0.4, 0.5) is 0 Å². The van der Waals surface area contributed by atoms with E-state index >= 15 is 0 Å². The summed E-state index contributed by atoms with van der Waals surface area (Å²) >= 11 is 0. The first-order valence-electron chi connectivity index (χ1n) is 5.67. The molecule has 0 radical (unpaired) electrons. The molecule has 1 saturated heterocycles. The third-order valence-electron chi connectivity index (χ3n) is 3.13. The van der Waals surface area contributed by atoms with Crippen molar-refractivity contribution >= 4 is 5.91 Å². The highest BCUT2D eigenvalue weighted by Gasteiger charge is 2.21. The molecule has 1 aliphatic rings. The van der Waals surface area contributed by atoms with Gasteiger partial charge in [-0.05, 0) is 36.1 Å². The molecule has 0 aliphatic carbocycles. The number of hydrogen-bond acceptors (Lipinski definition) is 4. The van der Waals surface area contributed by atoms with Crippen LogP contribution in [0.1, 0.15) is 25.6 Å². The third kappa shape index (κ3) is 2.37.